The predicted octanol–water partition coefficient (Wildman–Crippen LogP) is 2.33. The van der Waals surface area contributed by atoms with Crippen LogP contribution in [-0.4, -0.2) is 23.4 Å². The second kappa shape index (κ2) is 6.89. The Morgan fingerprint density at radius 1 is 1.05 bits per heavy atom. The monoisotopic (exact) mass is 339 g/mol. The van der Waals surface area contributed by atoms with Crippen molar-refractivity contribution in [1.29, 1.82) is 0 Å². The smallest absolute Gasteiger partial charge is 0.211 e. The van der Waals surface area contributed by atoms with E-state index in [2.05, 4.69) is 18.6 Å². The van der Waals surface area contributed by atoms with Gasteiger partial charge in [0.05, 0.1) is 9.79 Å². The number of sulfonamides is 1. The summed E-state index contributed by atoms with van der Waals surface area (Å²) >= 11 is 0. The van der Waals surface area contributed by atoms with Crippen LogP contribution in [0.2, 0.25) is 0 Å². The van der Waals surface area contributed by atoms with Crippen molar-refractivity contribution >= 4 is 29.8 Å². The molecule has 20 heavy (non-hydrogen) atoms. The minimum atomic E-state index is -3.84. The lowest BCUT2D eigenvalue weighted by Crippen LogP contribution is -2.25. The molecule has 0 amide bonds. The predicted molar refractivity (Wildman–Crippen MR) is 78.7 cm³/mol. The third-order valence-corrected chi connectivity index (χ3v) is 5.51. The molecule has 0 spiro atoms. The molecule has 1 aromatic carbocycles. The molecular formula is C12H18ClNO4S2. The Bertz CT molecular complexity index is 637. The van der Waals surface area contributed by atoms with Crippen molar-refractivity contribution in [3.63, 3.8) is 0 Å². The van der Waals surface area contributed by atoms with Crippen LogP contribution in [0.25, 0.3) is 0 Å². The quantitative estimate of drug-likeness (QED) is 0.610. The highest BCUT2D eigenvalue weighted by Gasteiger charge is 2.15. The second-order valence-corrected chi connectivity index (χ2v) is 9.18. The van der Waals surface area contributed by atoms with Gasteiger partial charge in [-0.15, -0.1) is 0 Å². The third kappa shape index (κ3) is 5.40. The van der Waals surface area contributed by atoms with Gasteiger partial charge >= 0.3 is 0 Å². The Morgan fingerprint density at radius 2 is 1.55 bits per heavy atom. The summed E-state index contributed by atoms with van der Waals surface area (Å²) in [5.41, 5.74) is 0. The Hall–Kier alpha value is -0.630. The molecule has 0 fully saturated rings. The molecule has 114 valence electrons. The Morgan fingerprint density at radius 3 is 2.00 bits per heavy atom. The summed E-state index contributed by atoms with van der Waals surface area (Å²) in [7, 11) is -2.28. The average Bonchev–Trinajstić information content (AvgIpc) is 2.34. The molecule has 0 bridgehead atoms. The van der Waals surface area contributed by atoms with E-state index in [4.69, 9.17) is 10.7 Å². The van der Waals surface area contributed by atoms with E-state index in [1.165, 1.54) is 24.3 Å². The minimum absolute atomic E-state index is 0.0195. The molecule has 8 heteroatoms. The number of nitrogens with one attached hydrogen (secondary N) is 1. The molecule has 1 N–H and O–H groups in total. The maximum Gasteiger partial charge on any atom is 0.261 e. The van der Waals surface area contributed by atoms with Gasteiger partial charge < -0.3 is 0 Å². The van der Waals surface area contributed by atoms with Crippen molar-refractivity contribution in [2.75, 3.05) is 6.54 Å². The van der Waals surface area contributed by atoms with Crippen molar-refractivity contribution in [3.8, 4) is 0 Å². The summed E-state index contributed by atoms with van der Waals surface area (Å²) in [6.45, 7) is 4.50. The number of rotatable bonds is 7. The molecule has 0 aliphatic rings. The molecule has 0 aliphatic heterocycles. The van der Waals surface area contributed by atoms with Gasteiger partial charge in [0.25, 0.3) is 9.05 Å². The van der Waals surface area contributed by atoms with E-state index in [0.717, 1.165) is 12.8 Å². The van der Waals surface area contributed by atoms with Gasteiger partial charge in [-0.1, -0.05) is 13.8 Å². The van der Waals surface area contributed by atoms with Crippen LogP contribution < -0.4 is 4.72 Å². The molecular weight excluding hydrogens is 322 g/mol. The molecule has 0 unspecified atom stereocenters. The van der Waals surface area contributed by atoms with Crippen LogP contribution in [0.5, 0.6) is 0 Å². The molecule has 0 heterocycles. The first-order valence-corrected chi connectivity index (χ1v) is 9.96. The number of halogens is 1. The lowest BCUT2D eigenvalue weighted by molar-refractivity contribution is 0.540. The molecule has 5 nitrogen and oxygen atoms in total. The van der Waals surface area contributed by atoms with E-state index in [1.54, 1.807) is 0 Å². The molecule has 0 aromatic heterocycles. The van der Waals surface area contributed by atoms with Crippen molar-refractivity contribution in [2.45, 2.75) is 36.5 Å². The average molecular weight is 340 g/mol. The van der Waals surface area contributed by atoms with E-state index in [9.17, 15) is 16.8 Å². The maximum atomic E-state index is 11.9. The van der Waals surface area contributed by atoms with Crippen molar-refractivity contribution in [3.05, 3.63) is 24.3 Å². The first kappa shape index (κ1) is 17.4. The number of benzene rings is 1. The maximum absolute atomic E-state index is 11.9. The summed E-state index contributed by atoms with van der Waals surface area (Å²) in [4.78, 5) is -0.107. The van der Waals surface area contributed by atoms with Crippen molar-refractivity contribution < 1.29 is 16.8 Å². The fourth-order valence-electron chi connectivity index (χ4n) is 1.58. The van der Waals surface area contributed by atoms with E-state index in [0.29, 0.717) is 12.5 Å². The van der Waals surface area contributed by atoms with Gasteiger partial charge in [0.15, 0.2) is 0 Å². The molecule has 0 radical (unpaired) electrons. The zero-order chi connectivity index (χ0) is 15.4. The summed E-state index contributed by atoms with van der Waals surface area (Å²) in [6.07, 6.45) is 1.69. The van der Waals surface area contributed by atoms with Crippen molar-refractivity contribution in [1.82, 2.24) is 4.72 Å². The Kier molecular flexibility index (Phi) is 6.00. The molecule has 0 saturated heterocycles. The molecule has 0 aliphatic carbocycles. The highest BCUT2D eigenvalue weighted by molar-refractivity contribution is 8.13. The zero-order valence-corrected chi connectivity index (χ0v) is 13.7. The summed E-state index contributed by atoms with van der Waals surface area (Å²) in [5, 5.41) is 0. The van der Waals surface area contributed by atoms with Crippen LogP contribution in [0, 0.1) is 5.92 Å². The number of hydrogen-bond donors (Lipinski definition) is 1. The minimum Gasteiger partial charge on any atom is -0.211 e. The lowest BCUT2D eigenvalue weighted by atomic mass is 10.1. The SMILES string of the molecule is CC(C)CCCNS(=O)(=O)c1ccc(S(=O)(=O)Cl)cc1. The Balaban J connectivity index is 2.73. The Labute approximate surface area is 124 Å². The number of hydrogen-bond acceptors (Lipinski definition) is 4. The van der Waals surface area contributed by atoms with Gasteiger partial charge in [-0.2, -0.15) is 0 Å². The van der Waals surface area contributed by atoms with Crippen LogP contribution in [0.1, 0.15) is 26.7 Å². The van der Waals surface area contributed by atoms with Gasteiger partial charge in [-0.3, -0.25) is 0 Å². The zero-order valence-electron chi connectivity index (χ0n) is 11.3. The highest BCUT2D eigenvalue weighted by Crippen LogP contribution is 2.17. The third-order valence-electron chi connectivity index (χ3n) is 2.67. The second-order valence-electron chi connectivity index (χ2n) is 4.84. The molecule has 1 aromatic rings. The lowest BCUT2D eigenvalue weighted by Gasteiger charge is -2.08. The van der Waals surface area contributed by atoms with Gasteiger partial charge in [0.1, 0.15) is 0 Å². The molecule has 0 atom stereocenters. The van der Waals surface area contributed by atoms with E-state index >= 15 is 0 Å². The van der Waals surface area contributed by atoms with E-state index < -0.39 is 19.1 Å². The van der Waals surface area contributed by atoms with Crippen LogP contribution in [0.3, 0.4) is 0 Å². The molecule has 0 saturated carbocycles. The van der Waals surface area contributed by atoms with Gasteiger partial charge in [0, 0.05) is 17.2 Å². The summed E-state index contributed by atoms with van der Waals surface area (Å²) in [6, 6.07) is 4.79. The largest absolute Gasteiger partial charge is 0.261 e. The van der Waals surface area contributed by atoms with Gasteiger partial charge in [-0.05, 0) is 43.0 Å². The fraction of sp³-hybridized carbons (Fsp3) is 0.500. The van der Waals surface area contributed by atoms with Crippen LogP contribution >= 0.6 is 10.7 Å². The van der Waals surface area contributed by atoms with E-state index in [-0.39, 0.29) is 9.79 Å². The van der Waals surface area contributed by atoms with Crippen LogP contribution in [-0.2, 0) is 19.1 Å². The first-order valence-electron chi connectivity index (χ1n) is 6.17. The first-order chi connectivity index (χ1) is 9.13. The van der Waals surface area contributed by atoms with Gasteiger partial charge in [-0.25, -0.2) is 21.6 Å². The topological polar surface area (TPSA) is 80.3 Å². The fourth-order valence-corrected chi connectivity index (χ4v) is 3.43. The van der Waals surface area contributed by atoms with Crippen molar-refractivity contribution in [2.24, 2.45) is 5.92 Å². The van der Waals surface area contributed by atoms with Gasteiger partial charge in [0.2, 0.25) is 10.0 Å². The summed E-state index contributed by atoms with van der Waals surface area (Å²) in [5.74, 6) is 0.521. The van der Waals surface area contributed by atoms with E-state index in [1.807, 2.05) is 0 Å². The standard InChI is InChI=1S/C12H18ClNO4S2/c1-10(2)4-3-9-14-20(17,18)12-7-5-11(6-8-12)19(13,15)16/h5-8,10,14H,3-4,9H2,1-2H3. The van der Waals surface area contributed by atoms with Crippen LogP contribution in [0.15, 0.2) is 34.1 Å². The van der Waals surface area contributed by atoms with Crippen LogP contribution in [0.4, 0.5) is 0 Å². The highest BCUT2D eigenvalue weighted by atomic mass is 35.7. The summed E-state index contributed by atoms with van der Waals surface area (Å²) < 4.78 is 48.5. The normalized spacial score (nSPS) is 12.8. The molecule has 1 rings (SSSR count).